The quantitative estimate of drug-likeness (QED) is 0.807. The minimum atomic E-state index is 0.536. The number of imidazole rings is 1. The highest BCUT2D eigenvalue weighted by atomic mass is 15.1. The Morgan fingerprint density at radius 1 is 1.35 bits per heavy atom. The predicted octanol–water partition coefficient (Wildman–Crippen LogP) is 1.83. The summed E-state index contributed by atoms with van der Waals surface area (Å²) in [6.07, 6.45) is 4.19. The predicted molar refractivity (Wildman–Crippen MR) is 65.6 cm³/mol. The van der Waals surface area contributed by atoms with Gasteiger partial charge in [-0.15, -0.1) is 0 Å². The number of nitrogens with zero attached hydrogens (tertiary/aromatic N) is 3. The Hall–Kier alpha value is -1.86. The first kappa shape index (κ1) is 10.3. The van der Waals surface area contributed by atoms with Gasteiger partial charge in [0.15, 0.2) is 0 Å². The van der Waals surface area contributed by atoms with Crippen molar-refractivity contribution in [1.82, 2.24) is 14.9 Å². The summed E-state index contributed by atoms with van der Waals surface area (Å²) in [5.41, 5.74) is 2.73. The third-order valence-electron chi connectivity index (χ3n) is 3.41. The summed E-state index contributed by atoms with van der Waals surface area (Å²) in [6, 6.07) is 8.40. The first-order chi connectivity index (χ1) is 8.38. The lowest BCUT2D eigenvalue weighted by Gasteiger charge is -2.24. The molecule has 4 nitrogen and oxygen atoms in total. The highest BCUT2D eigenvalue weighted by molar-refractivity contribution is 5.77. The molecule has 0 bridgehead atoms. The smallest absolute Gasteiger partial charge is 0.0992 e. The van der Waals surface area contributed by atoms with Gasteiger partial charge in [0.25, 0.3) is 0 Å². The summed E-state index contributed by atoms with van der Waals surface area (Å²) in [4.78, 5) is 4.39. The molecule has 0 atom stereocenters. The lowest BCUT2D eigenvalue weighted by molar-refractivity contribution is 0.374. The standard InChI is InChI=1S/C13H14N4/c14-8-10-1-2-13-12(7-10)16-9-17(13)11-3-5-15-6-4-11/h1-2,7,9,11,15H,3-6H2. The van der Waals surface area contributed by atoms with Crippen LogP contribution in [-0.4, -0.2) is 22.6 Å². The van der Waals surface area contributed by atoms with Crippen LogP contribution in [-0.2, 0) is 0 Å². The Bertz CT molecular complexity index is 573. The van der Waals surface area contributed by atoms with Crippen molar-refractivity contribution < 1.29 is 0 Å². The second-order valence-electron chi connectivity index (χ2n) is 4.45. The number of hydrogen-bond acceptors (Lipinski definition) is 3. The fourth-order valence-corrected chi connectivity index (χ4v) is 2.48. The highest BCUT2D eigenvalue weighted by Gasteiger charge is 2.16. The summed E-state index contributed by atoms with van der Waals surface area (Å²) in [7, 11) is 0. The maximum Gasteiger partial charge on any atom is 0.0992 e. The van der Waals surface area contributed by atoms with Gasteiger partial charge < -0.3 is 9.88 Å². The van der Waals surface area contributed by atoms with Crippen molar-refractivity contribution in [3.05, 3.63) is 30.1 Å². The van der Waals surface area contributed by atoms with Crippen LogP contribution in [0.25, 0.3) is 11.0 Å². The molecule has 2 heterocycles. The van der Waals surface area contributed by atoms with Crippen molar-refractivity contribution in [2.45, 2.75) is 18.9 Å². The number of nitriles is 1. The van der Waals surface area contributed by atoms with Crippen molar-refractivity contribution >= 4 is 11.0 Å². The Balaban J connectivity index is 2.03. The van der Waals surface area contributed by atoms with E-state index in [1.807, 2.05) is 24.5 Å². The number of hydrogen-bond donors (Lipinski definition) is 1. The molecule has 2 aromatic rings. The van der Waals surface area contributed by atoms with Crippen molar-refractivity contribution in [2.24, 2.45) is 0 Å². The Morgan fingerprint density at radius 3 is 2.94 bits per heavy atom. The van der Waals surface area contributed by atoms with Crippen molar-refractivity contribution in [3.8, 4) is 6.07 Å². The molecule has 1 aliphatic heterocycles. The molecule has 1 saturated heterocycles. The van der Waals surface area contributed by atoms with Crippen LogP contribution in [0.2, 0.25) is 0 Å². The van der Waals surface area contributed by atoms with Crippen molar-refractivity contribution in [1.29, 1.82) is 5.26 Å². The topological polar surface area (TPSA) is 53.6 Å². The number of fused-ring (bicyclic) bond motifs is 1. The van der Waals surface area contributed by atoms with Gasteiger partial charge in [-0.25, -0.2) is 4.98 Å². The molecule has 1 aromatic heterocycles. The molecule has 1 fully saturated rings. The second kappa shape index (κ2) is 4.19. The van der Waals surface area contributed by atoms with Crippen LogP contribution in [0.1, 0.15) is 24.4 Å². The van der Waals surface area contributed by atoms with Crippen LogP contribution in [0.5, 0.6) is 0 Å². The van der Waals surface area contributed by atoms with Gasteiger partial charge in [-0.3, -0.25) is 0 Å². The van der Waals surface area contributed by atoms with E-state index < -0.39 is 0 Å². The zero-order valence-corrected chi connectivity index (χ0v) is 9.56. The number of rotatable bonds is 1. The maximum atomic E-state index is 8.86. The van der Waals surface area contributed by atoms with E-state index in [0.29, 0.717) is 11.6 Å². The van der Waals surface area contributed by atoms with Gasteiger partial charge in [0, 0.05) is 6.04 Å². The summed E-state index contributed by atoms with van der Waals surface area (Å²) in [5.74, 6) is 0. The molecule has 1 aromatic carbocycles. The SMILES string of the molecule is N#Cc1ccc2c(c1)ncn2C1CCNCC1. The number of benzene rings is 1. The molecule has 0 aliphatic carbocycles. The molecular weight excluding hydrogens is 212 g/mol. The molecule has 4 heteroatoms. The van der Waals surface area contributed by atoms with Crippen LogP contribution in [0.15, 0.2) is 24.5 Å². The normalized spacial score (nSPS) is 17.1. The molecule has 0 spiro atoms. The molecule has 3 rings (SSSR count). The maximum absolute atomic E-state index is 8.86. The molecule has 86 valence electrons. The Labute approximate surface area is 99.9 Å². The lowest BCUT2D eigenvalue weighted by atomic mass is 10.1. The summed E-state index contributed by atoms with van der Waals surface area (Å²) >= 11 is 0. The monoisotopic (exact) mass is 226 g/mol. The van der Waals surface area contributed by atoms with Gasteiger partial charge in [-0.1, -0.05) is 0 Å². The minimum Gasteiger partial charge on any atom is -0.327 e. The van der Waals surface area contributed by atoms with E-state index >= 15 is 0 Å². The van der Waals surface area contributed by atoms with Crippen LogP contribution < -0.4 is 5.32 Å². The average molecular weight is 226 g/mol. The summed E-state index contributed by atoms with van der Waals surface area (Å²) < 4.78 is 2.25. The third kappa shape index (κ3) is 1.79. The van der Waals surface area contributed by atoms with Crippen LogP contribution in [0, 0.1) is 11.3 Å². The molecule has 1 N–H and O–H groups in total. The van der Waals surface area contributed by atoms with Gasteiger partial charge in [-0.2, -0.15) is 5.26 Å². The van der Waals surface area contributed by atoms with E-state index in [1.165, 1.54) is 0 Å². The largest absolute Gasteiger partial charge is 0.327 e. The minimum absolute atomic E-state index is 0.536. The Kier molecular flexibility index (Phi) is 2.54. The molecule has 0 amide bonds. The molecule has 0 saturated carbocycles. The molecule has 0 unspecified atom stereocenters. The van der Waals surface area contributed by atoms with E-state index in [0.717, 1.165) is 37.0 Å². The second-order valence-corrected chi connectivity index (χ2v) is 4.45. The van der Waals surface area contributed by atoms with E-state index in [9.17, 15) is 0 Å². The van der Waals surface area contributed by atoms with E-state index in [-0.39, 0.29) is 0 Å². The van der Waals surface area contributed by atoms with E-state index in [1.54, 1.807) is 0 Å². The van der Waals surface area contributed by atoms with Crippen molar-refractivity contribution in [2.75, 3.05) is 13.1 Å². The summed E-state index contributed by atoms with van der Waals surface area (Å²) in [5, 5.41) is 12.2. The van der Waals surface area contributed by atoms with E-state index in [2.05, 4.69) is 20.9 Å². The van der Waals surface area contributed by atoms with Gasteiger partial charge >= 0.3 is 0 Å². The number of nitrogens with one attached hydrogen (secondary N) is 1. The number of piperidine rings is 1. The zero-order chi connectivity index (χ0) is 11.7. The van der Waals surface area contributed by atoms with Crippen LogP contribution in [0.4, 0.5) is 0 Å². The molecule has 0 radical (unpaired) electrons. The lowest BCUT2D eigenvalue weighted by Crippen LogP contribution is -2.29. The fourth-order valence-electron chi connectivity index (χ4n) is 2.48. The zero-order valence-electron chi connectivity index (χ0n) is 9.56. The molecular formula is C13H14N4. The summed E-state index contributed by atoms with van der Waals surface area (Å²) in [6.45, 7) is 2.14. The van der Waals surface area contributed by atoms with E-state index in [4.69, 9.17) is 5.26 Å². The van der Waals surface area contributed by atoms with Crippen molar-refractivity contribution in [3.63, 3.8) is 0 Å². The van der Waals surface area contributed by atoms with Crippen LogP contribution in [0.3, 0.4) is 0 Å². The highest BCUT2D eigenvalue weighted by Crippen LogP contribution is 2.24. The molecule has 17 heavy (non-hydrogen) atoms. The van der Waals surface area contributed by atoms with Gasteiger partial charge in [0.1, 0.15) is 0 Å². The first-order valence-corrected chi connectivity index (χ1v) is 5.96. The molecule has 1 aliphatic rings. The Morgan fingerprint density at radius 2 is 2.18 bits per heavy atom. The van der Waals surface area contributed by atoms with Crippen LogP contribution >= 0.6 is 0 Å². The van der Waals surface area contributed by atoms with Gasteiger partial charge in [0.2, 0.25) is 0 Å². The van der Waals surface area contributed by atoms with Gasteiger partial charge in [0.05, 0.1) is 29.0 Å². The third-order valence-corrected chi connectivity index (χ3v) is 3.41. The first-order valence-electron chi connectivity index (χ1n) is 5.96. The van der Waals surface area contributed by atoms with Gasteiger partial charge in [-0.05, 0) is 44.1 Å². The number of aromatic nitrogens is 2. The fraction of sp³-hybridized carbons (Fsp3) is 0.385. The average Bonchev–Trinajstić information content (AvgIpc) is 2.82.